The highest BCUT2D eigenvalue weighted by molar-refractivity contribution is 5.80. The summed E-state index contributed by atoms with van der Waals surface area (Å²) in [5.41, 5.74) is 0. The highest BCUT2D eigenvalue weighted by Crippen LogP contribution is 2.24. The van der Waals surface area contributed by atoms with Gasteiger partial charge in [-0.25, -0.2) is 0 Å². The molecular formula is C59H113NO10. The zero-order valence-electron chi connectivity index (χ0n) is 45.3. The average Bonchev–Trinajstić information content (AvgIpc) is 3.36. The summed E-state index contributed by atoms with van der Waals surface area (Å²) in [6.45, 7) is 3.45. The second kappa shape index (κ2) is 48.5. The van der Waals surface area contributed by atoms with Crippen LogP contribution in [0.15, 0.2) is 24.3 Å². The molecule has 1 amide bonds. The highest BCUT2D eigenvalue weighted by Gasteiger charge is 2.44. The van der Waals surface area contributed by atoms with E-state index in [2.05, 4.69) is 43.5 Å². The van der Waals surface area contributed by atoms with E-state index in [0.717, 1.165) is 64.2 Å². The van der Waals surface area contributed by atoms with E-state index in [4.69, 9.17) is 9.47 Å². The fraction of sp³-hybridized carbons (Fsp3) is 0.915. The van der Waals surface area contributed by atoms with Gasteiger partial charge in [0, 0.05) is 0 Å². The normalized spacial score (nSPS) is 20.4. The molecule has 1 aliphatic heterocycles. The molecule has 0 aromatic rings. The molecule has 1 aliphatic rings. The van der Waals surface area contributed by atoms with Crippen LogP contribution in [0.3, 0.4) is 0 Å². The fourth-order valence-electron chi connectivity index (χ4n) is 9.65. The van der Waals surface area contributed by atoms with Gasteiger partial charge in [0.2, 0.25) is 5.91 Å². The van der Waals surface area contributed by atoms with Gasteiger partial charge in [0.1, 0.15) is 36.6 Å². The van der Waals surface area contributed by atoms with E-state index in [1.165, 1.54) is 173 Å². The number of rotatable bonds is 51. The Morgan fingerprint density at radius 1 is 0.500 bits per heavy atom. The van der Waals surface area contributed by atoms with Gasteiger partial charge in [-0.05, 0) is 44.9 Å². The van der Waals surface area contributed by atoms with Crippen LogP contribution >= 0.6 is 0 Å². The second-order valence-electron chi connectivity index (χ2n) is 21.1. The minimum atomic E-state index is -1.66. The lowest BCUT2D eigenvalue weighted by molar-refractivity contribution is -0.303. The van der Waals surface area contributed by atoms with Crippen LogP contribution in [0.5, 0.6) is 0 Å². The van der Waals surface area contributed by atoms with Gasteiger partial charge in [-0.15, -0.1) is 0 Å². The third-order valence-corrected chi connectivity index (χ3v) is 14.5. The van der Waals surface area contributed by atoms with Crippen LogP contribution in [0.2, 0.25) is 0 Å². The fourth-order valence-corrected chi connectivity index (χ4v) is 9.65. The third-order valence-electron chi connectivity index (χ3n) is 14.5. The summed E-state index contributed by atoms with van der Waals surface area (Å²) >= 11 is 0. The number of carbonyl (C=O) groups excluding carboxylic acids is 1. The molecule has 1 saturated heterocycles. The molecule has 8 N–H and O–H groups in total. The number of hydrogen-bond acceptors (Lipinski definition) is 10. The second-order valence-corrected chi connectivity index (χ2v) is 21.1. The first kappa shape index (κ1) is 66.6. The Morgan fingerprint density at radius 3 is 1.30 bits per heavy atom. The van der Waals surface area contributed by atoms with Crippen molar-refractivity contribution in [2.45, 2.75) is 332 Å². The Balaban J connectivity index is 2.27. The summed E-state index contributed by atoms with van der Waals surface area (Å²) in [6, 6.07) is -1.17. The molecule has 414 valence electrons. The Hall–Kier alpha value is -1.41. The Morgan fingerprint density at radius 2 is 0.871 bits per heavy atom. The minimum absolute atomic E-state index is 0.249. The van der Waals surface area contributed by atoms with Crippen LogP contribution in [0.4, 0.5) is 0 Å². The third kappa shape index (κ3) is 36.5. The van der Waals surface area contributed by atoms with E-state index in [-0.39, 0.29) is 6.42 Å². The van der Waals surface area contributed by atoms with Crippen LogP contribution in [-0.2, 0) is 14.3 Å². The summed E-state index contributed by atoms with van der Waals surface area (Å²) in [6.07, 6.45) is 46.6. The van der Waals surface area contributed by atoms with Crippen LogP contribution in [-0.4, -0.2) is 110 Å². The monoisotopic (exact) mass is 996 g/mol. The molecule has 0 aliphatic carbocycles. The van der Waals surface area contributed by atoms with Crippen LogP contribution in [0.1, 0.15) is 277 Å². The summed E-state index contributed by atoms with van der Waals surface area (Å²) < 4.78 is 11.1. The predicted octanol–water partition coefficient (Wildman–Crippen LogP) is 12.5. The zero-order valence-corrected chi connectivity index (χ0v) is 45.3. The summed E-state index contributed by atoms with van der Waals surface area (Å²) in [4.78, 5) is 13.2. The van der Waals surface area contributed by atoms with Crippen molar-refractivity contribution < 1.29 is 50.0 Å². The molecule has 9 unspecified atom stereocenters. The smallest absolute Gasteiger partial charge is 0.249 e. The SMILES string of the molecule is CCCCC/C=C\C/C=C\CCCCCCCCC(O)C(=O)NC(COC1OC(CO)C(O)C(O)C1O)C(O)C(O)CCCCCCCCCCCCCCCCCCCCCCCCCCCCC. The zero-order chi connectivity index (χ0) is 51.1. The molecule has 11 heteroatoms. The minimum Gasteiger partial charge on any atom is -0.394 e. The molecule has 0 aromatic heterocycles. The number of allylic oxidation sites excluding steroid dienone is 4. The lowest BCUT2D eigenvalue weighted by atomic mass is 9.98. The van der Waals surface area contributed by atoms with E-state index in [0.29, 0.717) is 19.3 Å². The maximum absolute atomic E-state index is 13.2. The topological polar surface area (TPSA) is 189 Å². The van der Waals surface area contributed by atoms with Crippen LogP contribution in [0, 0.1) is 0 Å². The number of carbonyl (C=O) groups is 1. The summed E-state index contributed by atoms with van der Waals surface area (Å²) in [5.74, 6) is -0.702. The first-order valence-corrected chi connectivity index (χ1v) is 29.7. The lowest BCUT2D eigenvalue weighted by Crippen LogP contribution is -2.60. The number of nitrogens with one attached hydrogen (secondary N) is 1. The van der Waals surface area contributed by atoms with Crippen molar-refractivity contribution in [3.8, 4) is 0 Å². The van der Waals surface area contributed by atoms with Crippen molar-refractivity contribution in [2.24, 2.45) is 0 Å². The number of hydrogen-bond donors (Lipinski definition) is 8. The number of unbranched alkanes of at least 4 members (excludes halogenated alkanes) is 35. The van der Waals surface area contributed by atoms with Crippen molar-refractivity contribution in [3.63, 3.8) is 0 Å². The Labute approximate surface area is 429 Å². The molecule has 0 bridgehead atoms. The van der Waals surface area contributed by atoms with Gasteiger partial charge in [0.25, 0.3) is 0 Å². The van der Waals surface area contributed by atoms with E-state index in [1.807, 2.05) is 0 Å². The van der Waals surface area contributed by atoms with E-state index in [9.17, 15) is 40.5 Å². The lowest BCUT2D eigenvalue weighted by Gasteiger charge is -2.40. The molecule has 0 aromatic carbocycles. The number of ether oxygens (including phenoxy) is 2. The molecule has 11 nitrogen and oxygen atoms in total. The molecule has 9 atom stereocenters. The van der Waals surface area contributed by atoms with Gasteiger partial charge in [-0.2, -0.15) is 0 Å². The molecule has 1 heterocycles. The van der Waals surface area contributed by atoms with Crippen molar-refractivity contribution in [3.05, 3.63) is 24.3 Å². The van der Waals surface area contributed by atoms with Crippen molar-refractivity contribution in [1.82, 2.24) is 5.32 Å². The van der Waals surface area contributed by atoms with Gasteiger partial charge in [-0.1, -0.05) is 256 Å². The van der Waals surface area contributed by atoms with Crippen molar-refractivity contribution >= 4 is 5.91 Å². The van der Waals surface area contributed by atoms with Crippen LogP contribution < -0.4 is 5.32 Å². The molecular weight excluding hydrogens is 883 g/mol. The molecule has 0 radical (unpaired) electrons. The number of amides is 1. The van der Waals surface area contributed by atoms with E-state index in [1.54, 1.807) is 0 Å². The summed E-state index contributed by atoms with van der Waals surface area (Å²) in [5, 5.41) is 76.2. The summed E-state index contributed by atoms with van der Waals surface area (Å²) in [7, 11) is 0. The van der Waals surface area contributed by atoms with E-state index >= 15 is 0 Å². The Kier molecular flexibility index (Phi) is 46.2. The molecule has 0 spiro atoms. The number of aliphatic hydroxyl groups excluding tert-OH is 7. The van der Waals surface area contributed by atoms with Crippen molar-refractivity contribution in [1.29, 1.82) is 0 Å². The highest BCUT2D eigenvalue weighted by atomic mass is 16.7. The quantitative estimate of drug-likeness (QED) is 0.0215. The first-order chi connectivity index (χ1) is 34.2. The first-order valence-electron chi connectivity index (χ1n) is 29.7. The van der Waals surface area contributed by atoms with E-state index < -0.39 is 74.2 Å². The Bertz CT molecular complexity index is 1190. The van der Waals surface area contributed by atoms with Crippen molar-refractivity contribution in [2.75, 3.05) is 13.2 Å². The average molecular weight is 997 g/mol. The largest absolute Gasteiger partial charge is 0.394 e. The maximum Gasteiger partial charge on any atom is 0.249 e. The van der Waals surface area contributed by atoms with Gasteiger partial charge >= 0.3 is 0 Å². The van der Waals surface area contributed by atoms with Crippen LogP contribution in [0.25, 0.3) is 0 Å². The van der Waals surface area contributed by atoms with Gasteiger partial charge < -0.3 is 50.5 Å². The van der Waals surface area contributed by atoms with Gasteiger partial charge in [0.05, 0.1) is 25.4 Å². The van der Waals surface area contributed by atoms with Gasteiger partial charge in [-0.3, -0.25) is 4.79 Å². The standard InChI is InChI=1S/C59H113NO10/c1-3-5-7-9-11-13-15-17-19-21-22-23-24-25-26-27-28-29-30-31-33-34-36-38-40-42-44-46-51(62)54(64)50(49-69-59-57(67)56(66)55(65)53(48-61)70-59)60-58(68)52(63)47-45-43-41-39-37-35-32-20-18-16-14-12-10-8-6-4-2/h12,14,18,20,50-57,59,61-67H,3-11,13,15-17,19,21-49H2,1-2H3,(H,60,68)/b14-12-,20-18-. The molecule has 1 rings (SSSR count). The molecule has 70 heavy (non-hydrogen) atoms. The predicted molar refractivity (Wildman–Crippen MR) is 289 cm³/mol. The maximum atomic E-state index is 13.2. The molecule has 1 fully saturated rings. The number of aliphatic hydroxyl groups is 7. The van der Waals surface area contributed by atoms with Gasteiger partial charge in [0.15, 0.2) is 6.29 Å². The molecule has 0 saturated carbocycles.